The number of pyridine rings is 1. The summed E-state index contributed by atoms with van der Waals surface area (Å²) in [6, 6.07) is 18.6. The van der Waals surface area contributed by atoms with Gasteiger partial charge in [-0.2, -0.15) is 0 Å². The van der Waals surface area contributed by atoms with Crippen LogP contribution in [0.4, 0.5) is 0 Å². The molecule has 0 fully saturated rings. The van der Waals surface area contributed by atoms with Crippen LogP contribution in [0.3, 0.4) is 0 Å². The molecule has 6 heteroatoms. The van der Waals surface area contributed by atoms with Crippen LogP contribution in [0.5, 0.6) is 0 Å². The van der Waals surface area contributed by atoms with Crippen LogP contribution in [0.25, 0.3) is 39.6 Å². The maximum absolute atomic E-state index is 10.0. The van der Waals surface area contributed by atoms with Crippen molar-refractivity contribution < 1.29 is 30.0 Å². The number of aliphatic hydroxyl groups excluding tert-OH is 1. The fourth-order valence-electron chi connectivity index (χ4n) is 3.12. The van der Waals surface area contributed by atoms with Gasteiger partial charge in [0.25, 0.3) is 0 Å². The predicted octanol–water partition coefficient (Wildman–Crippen LogP) is 5.65. The second kappa shape index (κ2) is 8.69. The van der Waals surface area contributed by atoms with E-state index in [1.54, 1.807) is 0 Å². The van der Waals surface area contributed by atoms with Gasteiger partial charge in [0.2, 0.25) is 0 Å². The van der Waals surface area contributed by atoms with E-state index in [1.807, 2.05) is 29.7 Å². The molecular formula is C22H16IrNO2SSe-. The molecule has 3 nitrogen and oxygen atoms in total. The number of rotatable bonds is 1. The zero-order chi connectivity index (χ0) is 19.0. The monoisotopic (exact) mass is 631 g/mol. The number of fused-ring (bicyclic) bond motifs is 2. The molecule has 0 unspecified atom stereocenters. The Labute approximate surface area is 185 Å². The molecule has 0 amide bonds. The first-order chi connectivity index (χ1) is 13.0. The summed E-state index contributed by atoms with van der Waals surface area (Å²) in [5.74, 6) is -0.0625. The summed E-state index contributed by atoms with van der Waals surface area (Å²) in [5, 5.41) is 12.3. The topological polar surface area (TPSA) is 50.2 Å². The van der Waals surface area contributed by atoms with Crippen LogP contribution in [0, 0.1) is 6.07 Å². The first-order valence-corrected chi connectivity index (χ1v) is 10.9. The first kappa shape index (κ1) is 20.9. The average Bonchev–Trinajstić information content (AvgIpc) is 2.93. The number of aromatic nitrogens is 1. The Morgan fingerprint density at radius 3 is 2.57 bits per heavy atom. The van der Waals surface area contributed by atoms with E-state index in [2.05, 4.69) is 41.4 Å². The Hall–Kier alpha value is -1.81. The van der Waals surface area contributed by atoms with Gasteiger partial charge in [-0.1, -0.05) is 0 Å². The molecule has 0 aliphatic carbocycles. The molecule has 5 rings (SSSR count). The molecule has 1 N–H and O–H groups in total. The number of hydrogen-bond donors (Lipinski definition) is 1. The molecule has 28 heavy (non-hydrogen) atoms. The molecular weight excluding hydrogens is 613 g/mol. The van der Waals surface area contributed by atoms with Crippen LogP contribution in [-0.2, 0) is 24.9 Å². The molecule has 3 heterocycles. The Morgan fingerprint density at radius 1 is 1.11 bits per heavy atom. The van der Waals surface area contributed by atoms with E-state index in [-0.39, 0.29) is 31.6 Å². The zero-order valence-corrected chi connectivity index (χ0v) is 20.1. The van der Waals surface area contributed by atoms with E-state index in [4.69, 9.17) is 5.11 Å². The van der Waals surface area contributed by atoms with Crippen molar-refractivity contribution in [2.75, 3.05) is 0 Å². The Balaban J connectivity index is 0.000000246. The Morgan fingerprint density at radius 2 is 1.86 bits per heavy atom. The summed E-state index contributed by atoms with van der Waals surface area (Å²) in [6.45, 7) is 2.85. The van der Waals surface area contributed by atoms with Crippen molar-refractivity contribution in [1.82, 2.24) is 4.98 Å². The molecule has 143 valence electrons. The third-order valence-electron chi connectivity index (χ3n) is 4.06. The Kier molecular flexibility index (Phi) is 6.49. The number of aliphatic hydroxyl groups is 1. The summed E-state index contributed by atoms with van der Waals surface area (Å²) in [6.07, 6.45) is 3.06. The summed E-state index contributed by atoms with van der Waals surface area (Å²) in [4.78, 5) is 14.7. The minimum absolute atomic E-state index is 0. The van der Waals surface area contributed by atoms with Crippen molar-refractivity contribution in [3.8, 4) is 0 Å². The SMILES string of the molecule is CC(=O)/C=C(/C)O.[Ir].[c-]1ccc2sc3cccc4[se]c5cccnc5c1c2c34. The summed E-state index contributed by atoms with van der Waals surface area (Å²) in [5.41, 5.74) is 1.12. The van der Waals surface area contributed by atoms with E-state index in [9.17, 15) is 4.79 Å². The fraction of sp³-hybridized carbons (Fsp3) is 0.0909. The van der Waals surface area contributed by atoms with Gasteiger partial charge in [-0.15, -0.1) is 0 Å². The molecule has 5 aromatic rings. The number of benzene rings is 2. The van der Waals surface area contributed by atoms with Crippen LogP contribution in [0.1, 0.15) is 13.8 Å². The first-order valence-electron chi connectivity index (χ1n) is 8.41. The van der Waals surface area contributed by atoms with Crippen LogP contribution < -0.4 is 0 Å². The number of thiophene rings is 1. The van der Waals surface area contributed by atoms with Crippen molar-refractivity contribution in [2.45, 2.75) is 13.8 Å². The van der Waals surface area contributed by atoms with E-state index in [0.29, 0.717) is 14.5 Å². The van der Waals surface area contributed by atoms with Crippen molar-refractivity contribution in [3.05, 3.63) is 66.6 Å². The van der Waals surface area contributed by atoms with Gasteiger partial charge >= 0.3 is 125 Å². The molecule has 0 saturated carbocycles. The molecule has 0 bridgehead atoms. The van der Waals surface area contributed by atoms with E-state index < -0.39 is 0 Å². The van der Waals surface area contributed by atoms with E-state index in [1.165, 1.54) is 54.0 Å². The van der Waals surface area contributed by atoms with Gasteiger partial charge in [-0.05, 0) is 13.8 Å². The van der Waals surface area contributed by atoms with Gasteiger partial charge in [0.15, 0.2) is 5.78 Å². The van der Waals surface area contributed by atoms with Gasteiger partial charge in [-0.25, -0.2) is 0 Å². The predicted molar refractivity (Wildman–Crippen MR) is 115 cm³/mol. The summed E-state index contributed by atoms with van der Waals surface area (Å²) in [7, 11) is 0. The normalized spacial score (nSPS) is 11.4. The number of allylic oxidation sites excluding steroid dienone is 2. The van der Waals surface area contributed by atoms with Crippen molar-refractivity contribution in [1.29, 1.82) is 0 Å². The number of hydrogen-bond acceptors (Lipinski definition) is 4. The van der Waals surface area contributed by atoms with Crippen LogP contribution in [-0.4, -0.2) is 30.4 Å². The van der Waals surface area contributed by atoms with Gasteiger partial charge in [0, 0.05) is 26.2 Å². The standard InChI is InChI=1S/C17H8NSSe.C5H8O2.Ir/c1-4-10-15-11(5-1)19-12-6-2-7-13(16(12)15)20-14-8-3-9-18-17(10)14;1-4(6)3-5(2)7;/h1-3,5-9H;3,6H,1-2H3;/q-1;;/b;4-3-;. The molecule has 3 aromatic heterocycles. The number of carbonyl (C=O) groups is 1. The van der Waals surface area contributed by atoms with Crippen LogP contribution in [0.2, 0.25) is 0 Å². The quantitative estimate of drug-likeness (QED) is 0.113. The molecule has 2 aromatic carbocycles. The van der Waals surface area contributed by atoms with Gasteiger partial charge < -0.3 is 5.11 Å². The van der Waals surface area contributed by atoms with Crippen molar-refractivity contribution in [2.24, 2.45) is 0 Å². The third kappa shape index (κ3) is 3.98. The second-order valence-electron chi connectivity index (χ2n) is 6.17. The summed E-state index contributed by atoms with van der Waals surface area (Å²) < 4.78 is 5.55. The van der Waals surface area contributed by atoms with Crippen LogP contribution >= 0.6 is 11.3 Å². The van der Waals surface area contributed by atoms with Gasteiger partial charge in [0.05, 0.1) is 5.76 Å². The zero-order valence-electron chi connectivity index (χ0n) is 15.1. The van der Waals surface area contributed by atoms with Crippen LogP contribution in [0.15, 0.2) is 60.5 Å². The number of nitrogens with zero attached hydrogens (tertiary/aromatic N) is 1. The third-order valence-corrected chi connectivity index (χ3v) is 7.50. The molecule has 0 aliphatic rings. The average molecular weight is 630 g/mol. The van der Waals surface area contributed by atoms with Gasteiger partial charge in [-0.3, -0.25) is 4.79 Å². The van der Waals surface area contributed by atoms with E-state index >= 15 is 0 Å². The number of ketones is 1. The molecule has 0 spiro atoms. The van der Waals surface area contributed by atoms with Gasteiger partial charge in [0.1, 0.15) is 0 Å². The fourth-order valence-corrected chi connectivity index (χ4v) is 6.70. The minimum atomic E-state index is -0.125. The molecule has 1 radical (unpaired) electrons. The molecule has 0 atom stereocenters. The Bertz CT molecular complexity index is 1330. The van der Waals surface area contributed by atoms with E-state index in [0.717, 1.165) is 5.52 Å². The maximum atomic E-state index is 10.0. The molecule has 0 aliphatic heterocycles. The second-order valence-corrected chi connectivity index (χ2v) is 9.53. The van der Waals surface area contributed by atoms with Crippen molar-refractivity contribution in [3.63, 3.8) is 0 Å². The number of carbonyl (C=O) groups excluding carboxylic acids is 1. The molecule has 0 saturated heterocycles. The van der Waals surface area contributed by atoms with Crippen molar-refractivity contribution >= 4 is 71.2 Å². The summed E-state index contributed by atoms with van der Waals surface area (Å²) >= 11 is 2.19.